The summed E-state index contributed by atoms with van der Waals surface area (Å²) in [5.74, 6) is 0.594. The van der Waals surface area contributed by atoms with Crippen LogP contribution < -0.4 is 10.2 Å². The summed E-state index contributed by atoms with van der Waals surface area (Å²) in [5.41, 5.74) is 1.57. The maximum atomic E-state index is 12.1. The Morgan fingerprint density at radius 3 is 2.54 bits per heavy atom. The van der Waals surface area contributed by atoms with Crippen LogP contribution in [0.2, 0.25) is 0 Å². The van der Waals surface area contributed by atoms with Crippen molar-refractivity contribution in [3.8, 4) is 0 Å². The van der Waals surface area contributed by atoms with Crippen LogP contribution in [0.4, 0.5) is 5.82 Å². The number of hydrogen-bond acceptors (Lipinski definition) is 4. The van der Waals surface area contributed by atoms with Crippen molar-refractivity contribution in [2.24, 2.45) is 0 Å². The Hall–Kier alpha value is -2.40. The Balaban J connectivity index is 1.82. The first-order valence-electron chi connectivity index (χ1n) is 8.28. The highest BCUT2D eigenvalue weighted by Crippen LogP contribution is 2.36. The van der Waals surface area contributed by atoms with Gasteiger partial charge in [0.05, 0.1) is 12.2 Å². The molecule has 0 bridgehead atoms. The topological polar surface area (TPSA) is 65.5 Å². The van der Waals surface area contributed by atoms with Crippen molar-refractivity contribution < 1.29 is 9.90 Å². The van der Waals surface area contributed by atoms with E-state index in [2.05, 4.69) is 27.3 Å². The van der Waals surface area contributed by atoms with Crippen LogP contribution in [-0.2, 0) is 5.41 Å². The number of rotatable bonds is 4. The number of carbonyl (C=O) groups excluding carboxylic acids is 1. The number of nitrogens with one attached hydrogen (secondary N) is 1. The molecule has 0 unspecified atom stereocenters. The van der Waals surface area contributed by atoms with Crippen LogP contribution in [0.3, 0.4) is 0 Å². The van der Waals surface area contributed by atoms with E-state index in [0.29, 0.717) is 5.56 Å². The minimum absolute atomic E-state index is 0.125. The molecule has 126 valence electrons. The Morgan fingerprint density at radius 2 is 1.92 bits per heavy atom. The molecule has 1 aliphatic rings. The molecule has 1 aliphatic heterocycles. The third kappa shape index (κ3) is 2.99. The van der Waals surface area contributed by atoms with Gasteiger partial charge in [-0.2, -0.15) is 0 Å². The molecule has 0 atom stereocenters. The van der Waals surface area contributed by atoms with E-state index in [4.69, 9.17) is 0 Å². The molecule has 0 saturated carbocycles. The van der Waals surface area contributed by atoms with Crippen molar-refractivity contribution in [1.82, 2.24) is 10.3 Å². The number of piperidine rings is 1. The third-order valence-corrected chi connectivity index (χ3v) is 4.97. The van der Waals surface area contributed by atoms with Gasteiger partial charge >= 0.3 is 0 Å². The molecule has 24 heavy (non-hydrogen) atoms. The Kier molecular flexibility index (Phi) is 4.81. The van der Waals surface area contributed by atoms with Crippen LogP contribution in [0.15, 0.2) is 48.7 Å². The fourth-order valence-corrected chi connectivity index (χ4v) is 3.44. The summed E-state index contributed by atoms with van der Waals surface area (Å²) < 4.78 is 0. The van der Waals surface area contributed by atoms with E-state index in [1.807, 2.05) is 18.2 Å². The van der Waals surface area contributed by atoms with Gasteiger partial charge in [0.1, 0.15) is 5.82 Å². The lowest BCUT2D eigenvalue weighted by Gasteiger charge is -2.42. The lowest BCUT2D eigenvalue weighted by atomic mass is 9.73. The summed E-state index contributed by atoms with van der Waals surface area (Å²) in [6, 6.07) is 13.8. The third-order valence-electron chi connectivity index (χ3n) is 4.97. The first kappa shape index (κ1) is 16.5. The molecule has 1 saturated heterocycles. The lowest BCUT2D eigenvalue weighted by molar-refractivity contribution is 0.0963. The van der Waals surface area contributed by atoms with Gasteiger partial charge in [-0.05, 0) is 30.5 Å². The molecule has 0 spiro atoms. The number of pyridine rings is 1. The summed E-state index contributed by atoms with van der Waals surface area (Å²) in [6.07, 6.45) is 3.38. The van der Waals surface area contributed by atoms with E-state index < -0.39 is 0 Å². The number of aromatic nitrogens is 1. The van der Waals surface area contributed by atoms with Crippen LogP contribution >= 0.6 is 0 Å². The summed E-state index contributed by atoms with van der Waals surface area (Å²) in [5, 5.41) is 12.7. The second-order valence-electron chi connectivity index (χ2n) is 6.25. The van der Waals surface area contributed by atoms with Crippen LogP contribution in [0.5, 0.6) is 0 Å². The lowest BCUT2D eigenvalue weighted by Crippen LogP contribution is -2.45. The molecule has 3 rings (SSSR count). The number of nitrogens with zero attached hydrogens (tertiary/aromatic N) is 2. The zero-order valence-electron chi connectivity index (χ0n) is 13.9. The van der Waals surface area contributed by atoms with E-state index in [1.165, 1.54) is 5.56 Å². The second kappa shape index (κ2) is 7.01. The average Bonchev–Trinajstić information content (AvgIpc) is 2.68. The SMILES string of the molecule is CNC(=O)c1cccnc1N1CCC(CO)(c2ccccc2)CC1. The van der Waals surface area contributed by atoms with Gasteiger partial charge in [-0.3, -0.25) is 4.79 Å². The van der Waals surface area contributed by atoms with Crippen molar-refractivity contribution in [2.75, 3.05) is 31.6 Å². The zero-order valence-corrected chi connectivity index (χ0v) is 13.9. The maximum Gasteiger partial charge on any atom is 0.254 e. The quantitative estimate of drug-likeness (QED) is 0.902. The summed E-state index contributed by atoms with van der Waals surface area (Å²) >= 11 is 0. The fraction of sp³-hybridized carbons (Fsp3) is 0.368. The first-order valence-corrected chi connectivity index (χ1v) is 8.28. The van der Waals surface area contributed by atoms with Crippen molar-refractivity contribution in [2.45, 2.75) is 18.3 Å². The highest BCUT2D eigenvalue weighted by molar-refractivity contribution is 5.98. The van der Waals surface area contributed by atoms with Gasteiger partial charge in [-0.1, -0.05) is 30.3 Å². The van der Waals surface area contributed by atoms with Crippen LogP contribution in [0.25, 0.3) is 0 Å². The minimum Gasteiger partial charge on any atom is -0.395 e. The molecule has 1 aromatic carbocycles. The highest BCUT2D eigenvalue weighted by atomic mass is 16.3. The maximum absolute atomic E-state index is 12.1. The van der Waals surface area contributed by atoms with Gasteiger partial charge in [-0.25, -0.2) is 4.98 Å². The summed E-state index contributed by atoms with van der Waals surface area (Å²) in [6.45, 7) is 1.66. The average molecular weight is 325 g/mol. The second-order valence-corrected chi connectivity index (χ2v) is 6.25. The zero-order chi connectivity index (χ0) is 17.0. The van der Waals surface area contributed by atoms with Crippen LogP contribution in [0, 0.1) is 0 Å². The molecule has 2 heterocycles. The molecule has 1 aromatic heterocycles. The molecule has 1 amide bonds. The smallest absolute Gasteiger partial charge is 0.254 e. The largest absolute Gasteiger partial charge is 0.395 e. The number of aliphatic hydroxyl groups is 1. The predicted molar refractivity (Wildman–Crippen MR) is 94.3 cm³/mol. The van der Waals surface area contributed by atoms with E-state index in [-0.39, 0.29) is 17.9 Å². The Labute approximate surface area is 142 Å². The number of benzene rings is 1. The number of carbonyl (C=O) groups is 1. The molecule has 1 fully saturated rings. The predicted octanol–water partition coefficient (Wildman–Crippen LogP) is 1.97. The van der Waals surface area contributed by atoms with Crippen LogP contribution in [0.1, 0.15) is 28.8 Å². The standard InChI is InChI=1S/C19H23N3O2/c1-20-18(24)16-8-5-11-21-17(16)22-12-9-19(14-23,10-13-22)15-6-3-2-4-7-15/h2-8,11,23H,9-10,12-14H2,1H3,(H,20,24). The molecule has 5 heteroatoms. The van der Waals surface area contributed by atoms with E-state index in [9.17, 15) is 9.90 Å². The molecule has 0 radical (unpaired) electrons. The first-order chi connectivity index (χ1) is 11.7. The number of amides is 1. The van der Waals surface area contributed by atoms with Crippen molar-refractivity contribution >= 4 is 11.7 Å². The summed E-state index contributed by atoms with van der Waals surface area (Å²) in [4.78, 5) is 18.6. The van der Waals surface area contributed by atoms with E-state index in [0.717, 1.165) is 31.7 Å². The van der Waals surface area contributed by atoms with Crippen molar-refractivity contribution in [1.29, 1.82) is 0 Å². The molecule has 2 aromatic rings. The van der Waals surface area contributed by atoms with Gasteiger partial charge in [0.25, 0.3) is 5.91 Å². The van der Waals surface area contributed by atoms with Gasteiger partial charge in [0.15, 0.2) is 0 Å². The van der Waals surface area contributed by atoms with E-state index in [1.54, 1.807) is 25.4 Å². The monoisotopic (exact) mass is 325 g/mol. The molecule has 5 nitrogen and oxygen atoms in total. The van der Waals surface area contributed by atoms with Gasteiger partial charge < -0.3 is 15.3 Å². The molecule has 0 aliphatic carbocycles. The van der Waals surface area contributed by atoms with Crippen molar-refractivity contribution in [3.05, 3.63) is 59.8 Å². The van der Waals surface area contributed by atoms with E-state index >= 15 is 0 Å². The minimum atomic E-state index is -0.209. The number of anilines is 1. The molecule has 2 N–H and O–H groups in total. The van der Waals surface area contributed by atoms with Gasteiger partial charge in [0.2, 0.25) is 0 Å². The van der Waals surface area contributed by atoms with Crippen molar-refractivity contribution in [3.63, 3.8) is 0 Å². The highest BCUT2D eigenvalue weighted by Gasteiger charge is 2.36. The number of hydrogen-bond donors (Lipinski definition) is 2. The fourth-order valence-electron chi connectivity index (χ4n) is 3.44. The molecular formula is C19H23N3O2. The van der Waals surface area contributed by atoms with Crippen LogP contribution in [-0.4, -0.2) is 42.7 Å². The van der Waals surface area contributed by atoms with Gasteiger partial charge in [-0.15, -0.1) is 0 Å². The normalized spacial score (nSPS) is 16.7. The Morgan fingerprint density at radius 1 is 1.21 bits per heavy atom. The summed E-state index contributed by atoms with van der Waals surface area (Å²) in [7, 11) is 1.63. The molecular weight excluding hydrogens is 302 g/mol. The number of aliphatic hydroxyl groups excluding tert-OH is 1. The van der Waals surface area contributed by atoms with Gasteiger partial charge in [0, 0.05) is 31.7 Å². The Bertz CT molecular complexity index is 695.